The van der Waals surface area contributed by atoms with Gasteiger partial charge in [0.15, 0.2) is 5.58 Å². The van der Waals surface area contributed by atoms with E-state index >= 15 is 0 Å². The zero-order valence-electron chi connectivity index (χ0n) is 20.3. The maximum absolute atomic E-state index is 12.8. The van der Waals surface area contributed by atoms with Gasteiger partial charge >= 0.3 is 6.03 Å². The van der Waals surface area contributed by atoms with Gasteiger partial charge in [0, 0.05) is 51.4 Å². The number of fused-ring (bicyclic) bond motifs is 1. The Kier molecular flexibility index (Phi) is 6.99. The van der Waals surface area contributed by atoms with Gasteiger partial charge in [-0.1, -0.05) is 29.8 Å². The molecular formula is C27H33N5O3. The van der Waals surface area contributed by atoms with Gasteiger partial charge < -0.3 is 19.5 Å². The zero-order valence-corrected chi connectivity index (χ0v) is 20.3. The van der Waals surface area contributed by atoms with Crippen molar-refractivity contribution >= 4 is 23.0 Å². The molecule has 0 unspecified atom stereocenters. The number of hydrogen-bond acceptors (Lipinski definition) is 5. The third-order valence-corrected chi connectivity index (χ3v) is 6.90. The molecule has 0 bridgehead atoms. The Bertz CT molecular complexity index is 1180. The minimum absolute atomic E-state index is 0.0296. The predicted octanol–water partition coefficient (Wildman–Crippen LogP) is 3.79. The minimum atomic E-state index is -0.0296. The second-order valence-corrected chi connectivity index (χ2v) is 9.55. The maximum atomic E-state index is 12.8. The topological polar surface area (TPSA) is 81.9 Å². The molecule has 0 spiro atoms. The lowest BCUT2D eigenvalue weighted by molar-refractivity contribution is 0.0724. The van der Waals surface area contributed by atoms with Crippen LogP contribution in [-0.4, -0.2) is 70.9 Å². The van der Waals surface area contributed by atoms with Crippen molar-refractivity contribution in [3.63, 3.8) is 0 Å². The molecule has 35 heavy (non-hydrogen) atoms. The van der Waals surface area contributed by atoms with Crippen molar-refractivity contribution in [2.75, 3.05) is 39.3 Å². The number of aromatic nitrogens is 1. The number of amides is 3. The predicted molar refractivity (Wildman–Crippen MR) is 134 cm³/mol. The molecule has 3 heterocycles. The molecule has 8 heteroatoms. The molecule has 0 aliphatic carbocycles. The van der Waals surface area contributed by atoms with E-state index in [1.54, 1.807) is 0 Å². The Balaban J connectivity index is 1.12. The van der Waals surface area contributed by atoms with Gasteiger partial charge in [0.25, 0.3) is 5.91 Å². The molecule has 8 nitrogen and oxygen atoms in total. The number of nitrogens with zero attached hydrogens (tertiary/aromatic N) is 4. The van der Waals surface area contributed by atoms with Crippen molar-refractivity contribution in [1.82, 2.24) is 25.0 Å². The summed E-state index contributed by atoms with van der Waals surface area (Å²) < 4.78 is 5.95. The highest BCUT2D eigenvalue weighted by Gasteiger charge is 2.23. The smallest absolute Gasteiger partial charge is 0.317 e. The van der Waals surface area contributed by atoms with Crippen LogP contribution in [0.1, 0.15) is 46.6 Å². The second kappa shape index (κ2) is 10.5. The van der Waals surface area contributed by atoms with Gasteiger partial charge in [0.1, 0.15) is 5.52 Å². The van der Waals surface area contributed by atoms with Gasteiger partial charge in [-0.15, -0.1) is 0 Å². The van der Waals surface area contributed by atoms with Gasteiger partial charge in [-0.3, -0.25) is 9.69 Å². The highest BCUT2D eigenvalue weighted by Crippen LogP contribution is 2.21. The van der Waals surface area contributed by atoms with Crippen LogP contribution in [0, 0.1) is 6.92 Å². The van der Waals surface area contributed by atoms with Gasteiger partial charge in [-0.05, 0) is 49.9 Å². The molecule has 1 N–H and O–H groups in total. The van der Waals surface area contributed by atoms with Crippen molar-refractivity contribution in [3.05, 3.63) is 65.0 Å². The Morgan fingerprint density at radius 2 is 1.66 bits per heavy atom. The quantitative estimate of drug-likeness (QED) is 0.607. The van der Waals surface area contributed by atoms with Crippen molar-refractivity contribution in [2.24, 2.45) is 0 Å². The summed E-state index contributed by atoms with van der Waals surface area (Å²) in [6.45, 7) is 7.67. The first-order valence-electron chi connectivity index (χ1n) is 12.5. The van der Waals surface area contributed by atoms with E-state index in [9.17, 15) is 9.59 Å². The average Bonchev–Trinajstić information content (AvgIpc) is 3.30. The molecule has 0 saturated carbocycles. The zero-order chi connectivity index (χ0) is 24.2. The lowest BCUT2D eigenvalue weighted by Gasteiger charge is -2.34. The summed E-state index contributed by atoms with van der Waals surface area (Å²) in [5, 5.41) is 3.02. The van der Waals surface area contributed by atoms with Gasteiger partial charge in [-0.2, -0.15) is 0 Å². The van der Waals surface area contributed by atoms with Crippen molar-refractivity contribution in [1.29, 1.82) is 0 Å². The first kappa shape index (κ1) is 23.4. The van der Waals surface area contributed by atoms with Crippen LogP contribution >= 0.6 is 0 Å². The summed E-state index contributed by atoms with van der Waals surface area (Å²) in [5.41, 5.74) is 4.40. The number of oxazole rings is 1. The van der Waals surface area contributed by atoms with E-state index in [0.717, 1.165) is 50.1 Å². The van der Waals surface area contributed by atoms with E-state index in [2.05, 4.69) is 34.3 Å². The number of likely N-dealkylation sites (tertiary alicyclic amines) is 1. The molecule has 2 aliphatic heterocycles. The Morgan fingerprint density at radius 3 is 2.40 bits per heavy atom. The largest absolute Gasteiger partial charge is 0.439 e. The number of aryl methyl sites for hydroxylation is 1. The summed E-state index contributed by atoms with van der Waals surface area (Å²) in [7, 11) is 0. The van der Waals surface area contributed by atoms with Crippen LogP contribution in [0.3, 0.4) is 0 Å². The average molecular weight is 476 g/mol. The molecule has 1 aromatic heterocycles. The van der Waals surface area contributed by atoms with E-state index < -0.39 is 0 Å². The lowest BCUT2D eigenvalue weighted by atomic mass is 10.1. The Hall–Kier alpha value is -3.39. The third kappa shape index (κ3) is 5.65. The van der Waals surface area contributed by atoms with E-state index in [-0.39, 0.29) is 11.9 Å². The number of piperazine rings is 1. The van der Waals surface area contributed by atoms with E-state index in [1.807, 2.05) is 40.1 Å². The number of hydrogen-bond donors (Lipinski definition) is 1. The van der Waals surface area contributed by atoms with Crippen LogP contribution in [-0.2, 0) is 13.1 Å². The number of piperidine rings is 1. The first-order valence-corrected chi connectivity index (χ1v) is 12.5. The van der Waals surface area contributed by atoms with Gasteiger partial charge in [-0.25, -0.2) is 9.78 Å². The molecule has 184 valence electrons. The fourth-order valence-electron chi connectivity index (χ4n) is 4.75. The maximum Gasteiger partial charge on any atom is 0.317 e. The molecule has 3 amide bonds. The fourth-order valence-corrected chi connectivity index (χ4v) is 4.75. The SMILES string of the molecule is Cc1ccc(CNC(=O)N2CCN(Cc3nc4cc(C(=O)N5CCCCC5)ccc4o3)CC2)cc1. The normalized spacial score (nSPS) is 17.1. The van der Waals surface area contributed by atoms with Gasteiger partial charge in [0.05, 0.1) is 6.54 Å². The lowest BCUT2D eigenvalue weighted by Crippen LogP contribution is -2.51. The summed E-state index contributed by atoms with van der Waals surface area (Å²) in [6, 6.07) is 13.7. The molecule has 2 aliphatic rings. The van der Waals surface area contributed by atoms with E-state index in [1.165, 1.54) is 12.0 Å². The molecule has 5 rings (SSSR count). The molecule has 2 saturated heterocycles. The van der Waals surface area contributed by atoms with Crippen LogP contribution in [0.2, 0.25) is 0 Å². The number of carbonyl (C=O) groups excluding carboxylic acids is 2. The fraction of sp³-hybridized carbons (Fsp3) is 0.444. The number of rotatable bonds is 5. The van der Waals surface area contributed by atoms with Gasteiger partial charge in [0.2, 0.25) is 5.89 Å². The minimum Gasteiger partial charge on any atom is -0.439 e. The molecule has 0 atom stereocenters. The first-order chi connectivity index (χ1) is 17.0. The summed E-state index contributed by atoms with van der Waals surface area (Å²) in [6.07, 6.45) is 3.34. The molecule has 2 fully saturated rings. The van der Waals surface area contributed by atoms with Crippen LogP contribution in [0.15, 0.2) is 46.9 Å². The number of benzene rings is 2. The third-order valence-electron chi connectivity index (χ3n) is 6.90. The molecule has 2 aromatic carbocycles. The second-order valence-electron chi connectivity index (χ2n) is 9.55. The molecule has 3 aromatic rings. The monoisotopic (exact) mass is 475 g/mol. The van der Waals surface area contributed by atoms with Crippen LogP contribution < -0.4 is 5.32 Å². The molecular weight excluding hydrogens is 442 g/mol. The number of carbonyl (C=O) groups is 2. The van der Waals surface area contributed by atoms with Crippen LogP contribution in [0.5, 0.6) is 0 Å². The highest BCUT2D eigenvalue weighted by atomic mass is 16.3. The summed E-state index contributed by atoms with van der Waals surface area (Å²) in [4.78, 5) is 36.1. The van der Waals surface area contributed by atoms with Crippen LogP contribution in [0.25, 0.3) is 11.1 Å². The summed E-state index contributed by atoms with van der Waals surface area (Å²) >= 11 is 0. The van der Waals surface area contributed by atoms with Crippen LogP contribution in [0.4, 0.5) is 4.79 Å². The van der Waals surface area contributed by atoms with Crippen molar-refractivity contribution in [2.45, 2.75) is 39.3 Å². The number of nitrogens with one attached hydrogen (secondary N) is 1. The van der Waals surface area contributed by atoms with Crippen molar-refractivity contribution < 1.29 is 14.0 Å². The number of urea groups is 1. The standard InChI is InChI=1S/C27H33N5O3/c1-20-5-7-21(8-6-20)18-28-27(34)32-15-13-30(14-16-32)19-25-29-23-17-22(9-10-24(23)35-25)26(33)31-11-3-2-4-12-31/h5-10,17H,2-4,11-16,18-19H2,1H3,(H,28,34). The van der Waals surface area contributed by atoms with Crippen molar-refractivity contribution in [3.8, 4) is 0 Å². The Morgan fingerprint density at radius 1 is 0.914 bits per heavy atom. The van der Waals surface area contributed by atoms with E-state index in [0.29, 0.717) is 43.2 Å². The highest BCUT2D eigenvalue weighted by molar-refractivity contribution is 5.97. The molecule has 0 radical (unpaired) electrons. The Labute approximate surface area is 205 Å². The van der Waals surface area contributed by atoms with E-state index in [4.69, 9.17) is 4.42 Å². The summed E-state index contributed by atoms with van der Waals surface area (Å²) in [5.74, 6) is 0.716.